The summed E-state index contributed by atoms with van der Waals surface area (Å²) in [6.07, 6.45) is 0.687. The Kier molecular flexibility index (Phi) is 2.70. The number of fused-ring (bicyclic) bond motifs is 1. The zero-order valence-corrected chi connectivity index (χ0v) is 8.25. The van der Waals surface area contributed by atoms with Crippen molar-refractivity contribution in [2.24, 2.45) is 0 Å². The number of hydrogen-bond acceptors (Lipinski definition) is 2. The first-order valence-corrected chi connectivity index (χ1v) is 5.07. The summed E-state index contributed by atoms with van der Waals surface area (Å²) in [5.74, 6) is 0. The molecule has 0 aliphatic heterocycles. The molecule has 0 aliphatic carbocycles. The highest BCUT2D eigenvalue weighted by Crippen LogP contribution is 2.25. The molecule has 0 aliphatic rings. The molecule has 0 spiro atoms. The molecule has 0 unspecified atom stereocenters. The molecule has 2 rings (SSSR count). The van der Waals surface area contributed by atoms with Crippen molar-refractivity contribution < 1.29 is 4.79 Å². The van der Waals surface area contributed by atoms with Crippen molar-refractivity contribution in [3.05, 3.63) is 42.5 Å². The van der Waals surface area contributed by atoms with Gasteiger partial charge in [-0.3, -0.25) is 9.52 Å². The van der Waals surface area contributed by atoms with E-state index in [0.29, 0.717) is 6.41 Å². The fourth-order valence-electron chi connectivity index (χ4n) is 1.37. The fraction of sp³-hybridized carbons (Fsp3) is 0. The van der Waals surface area contributed by atoms with Crippen LogP contribution >= 0.6 is 11.9 Å². The molecule has 2 nitrogen and oxygen atoms in total. The van der Waals surface area contributed by atoms with E-state index in [1.807, 2.05) is 30.3 Å². The van der Waals surface area contributed by atoms with E-state index < -0.39 is 0 Å². The van der Waals surface area contributed by atoms with Gasteiger partial charge in [-0.2, -0.15) is 0 Å². The monoisotopic (exact) mass is 203 g/mol. The van der Waals surface area contributed by atoms with Gasteiger partial charge in [0, 0.05) is 4.90 Å². The van der Waals surface area contributed by atoms with Crippen LogP contribution in [0, 0.1) is 0 Å². The van der Waals surface area contributed by atoms with Gasteiger partial charge in [-0.25, -0.2) is 0 Å². The molecule has 0 bridgehead atoms. The van der Waals surface area contributed by atoms with Crippen LogP contribution in [0.5, 0.6) is 0 Å². The second-order valence-corrected chi connectivity index (χ2v) is 3.69. The topological polar surface area (TPSA) is 29.1 Å². The van der Waals surface area contributed by atoms with Crippen molar-refractivity contribution >= 4 is 29.1 Å². The minimum atomic E-state index is 0.687. The molecule has 0 saturated heterocycles. The maximum atomic E-state index is 10.2. The molecule has 70 valence electrons. The molecule has 1 N–H and O–H groups in total. The van der Waals surface area contributed by atoms with Gasteiger partial charge in [0.1, 0.15) is 0 Å². The predicted molar refractivity (Wildman–Crippen MR) is 59.0 cm³/mol. The smallest absolute Gasteiger partial charge is 0.217 e. The standard InChI is InChI=1S/C11H9NOS/c13-8-12-14-11-7-3-5-9-4-1-2-6-10(9)11/h1-8H,(H,12,13). The van der Waals surface area contributed by atoms with E-state index >= 15 is 0 Å². The minimum absolute atomic E-state index is 0.687. The van der Waals surface area contributed by atoms with Gasteiger partial charge >= 0.3 is 0 Å². The Balaban J connectivity index is 2.48. The van der Waals surface area contributed by atoms with Gasteiger partial charge in [0.05, 0.1) is 0 Å². The molecule has 0 aromatic heterocycles. The van der Waals surface area contributed by atoms with Gasteiger partial charge in [0.15, 0.2) is 0 Å². The van der Waals surface area contributed by atoms with Gasteiger partial charge in [0.25, 0.3) is 0 Å². The SMILES string of the molecule is O=CNSc1cccc2ccccc12. The number of nitrogens with one attached hydrogen (secondary N) is 1. The third-order valence-electron chi connectivity index (χ3n) is 1.97. The van der Waals surface area contributed by atoms with E-state index in [1.165, 1.54) is 17.3 Å². The number of hydrogen-bond donors (Lipinski definition) is 1. The highest BCUT2D eigenvalue weighted by atomic mass is 32.2. The quantitative estimate of drug-likeness (QED) is 0.613. The summed E-state index contributed by atoms with van der Waals surface area (Å²) in [5.41, 5.74) is 0. The molecule has 2 aromatic rings. The number of rotatable bonds is 3. The Bertz CT molecular complexity index is 450. The van der Waals surface area contributed by atoms with Crippen molar-refractivity contribution in [3.63, 3.8) is 0 Å². The highest BCUT2D eigenvalue weighted by molar-refractivity contribution is 7.98. The van der Waals surface area contributed by atoms with Crippen LogP contribution in [-0.2, 0) is 4.79 Å². The van der Waals surface area contributed by atoms with Crippen molar-refractivity contribution in [2.75, 3.05) is 0 Å². The van der Waals surface area contributed by atoms with Crippen LogP contribution in [0.2, 0.25) is 0 Å². The van der Waals surface area contributed by atoms with E-state index in [1.54, 1.807) is 0 Å². The Labute approximate surface area is 86.4 Å². The molecular formula is C11H9NOS. The summed E-state index contributed by atoms with van der Waals surface area (Å²) in [6.45, 7) is 0. The lowest BCUT2D eigenvalue weighted by Gasteiger charge is -2.03. The Morgan fingerprint density at radius 3 is 2.71 bits per heavy atom. The van der Waals surface area contributed by atoms with Gasteiger partial charge in [-0.1, -0.05) is 36.4 Å². The summed E-state index contributed by atoms with van der Waals surface area (Å²) in [7, 11) is 0. The summed E-state index contributed by atoms with van der Waals surface area (Å²) in [6, 6.07) is 14.1. The minimum Gasteiger partial charge on any atom is -0.299 e. The van der Waals surface area contributed by atoms with E-state index in [4.69, 9.17) is 0 Å². The molecule has 3 heteroatoms. The Morgan fingerprint density at radius 1 is 1.07 bits per heavy atom. The summed E-state index contributed by atoms with van der Waals surface area (Å²) in [5, 5.41) is 2.35. The maximum Gasteiger partial charge on any atom is 0.217 e. The molecule has 1 amide bonds. The van der Waals surface area contributed by atoms with E-state index in [-0.39, 0.29) is 0 Å². The first-order chi connectivity index (χ1) is 6.92. The predicted octanol–water partition coefficient (Wildman–Crippen LogP) is 2.59. The molecular weight excluding hydrogens is 194 g/mol. The molecule has 14 heavy (non-hydrogen) atoms. The average molecular weight is 203 g/mol. The molecule has 2 aromatic carbocycles. The second-order valence-electron chi connectivity index (χ2n) is 2.82. The molecule has 0 radical (unpaired) electrons. The summed E-state index contributed by atoms with van der Waals surface area (Å²) >= 11 is 1.33. The number of carbonyl (C=O) groups excluding carboxylic acids is 1. The van der Waals surface area contributed by atoms with Crippen LogP contribution in [0.15, 0.2) is 47.4 Å². The van der Waals surface area contributed by atoms with Gasteiger partial charge < -0.3 is 0 Å². The van der Waals surface area contributed by atoms with Crippen LogP contribution < -0.4 is 4.72 Å². The largest absolute Gasteiger partial charge is 0.299 e. The number of carbonyl (C=O) groups is 1. The highest BCUT2D eigenvalue weighted by Gasteiger charge is 1.99. The average Bonchev–Trinajstić information content (AvgIpc) is 2.26. The zero-order valence-electron chi connectivity index (χ0n) is 7.44. The maximum absolute atomic E-state index is 10.2. The van der Waals surface area contributed by atoms with Crippen LogP contribution in [0.3, 0.4) is 0 Å². The molecule has 0 fully saturated rings. The van der Waals surface area contributed by atoms with E-state index in [9.17, 15) is 4.79 Å². The number of amides is 1. The fourth-order valence-corrected chi connectivity index (χ4v) is 1.99. The van der Waals surface area contributed by atoms with Crippen molar-refractivity contribution in [1.82, 2.24) is 4.72 Å². The van der Waals surface area contributed by atoms with Gasteiger partial charge in [0.2, 0.25) is 6.41 Å². The number of benzene rings is 2. The van der Waals surface area contributed by atoms with Crippen molar-refractivity contribution in [2.45, 2.75) is 4.90 Å². The third-order valence-corrected chi connectivity index (χ3v) is 2.76. The van der Waals surface area contributed by atoms with E-state index in [0.717, 1.165) is 10.3 Å². The third kappa shape index (κ3) is 1.72. The molecule has 0 heterocycles. The summed E-state index contributed by atoms with van der Waals surface area (Å²) < 4.78 is 2.59. The van der Waals surface area contributed by atoms with Crippen LogP contribution in [0.4, 0.5) is 0 Å². The van der Waals surface area contributed by atoms with Crippen molar-refractivity contribution in [3.8, 4) is 0 Å². The van der Waals surface area contributed by atoms with Crippen LogP contribution in [-0.4, -0.2) is 6.41 Å². The Morgan fingerprint density at radius 2 is 1.86 bits per heavy atom. The first kappa shape index (κ1) is 9.09. The second kappa shape index (κ2) is 4.15. The lowest BCUT2D eigenvalue weighted by molar-refractivity contribution is -0.107. The van der Waals surface area contributed by atoms with Crippen LogP contribution in [0.25, 0.3) is 10.8 Å². The van der Waals surface area contributed by atoms with Gasteiger partial charge in [-0.15, -0.1) is 0 Å². The first-order valence-electron chi connectivity index (χ1n) is 4.25. The molecule has 0 atom stereocenters. The van der Waals surface area contributed by atoms with Crippen LogP contribution in [0.1, 0.15) is 0 Å². The molecule has 0 saturated carbocycles. The lowest BCUT2D eigenvalue weighted by Crippen LogP contribution is -1.97. The lowest BCUT2D eigenvalue weighted by atomic mass is 10.1. The summed E-state index contributed by atoms with van der Waals surface area (Å²) in [4.78, 5) is 11.2. The van der Waals surface area contributed by atoms with Crippen molar-refractivity contribution in [1.29, 1.82) is 0 Å². The van der Waals surface area contributed by atoms with Gasteiger partial charge in [-0.05, 0) is 28.8 Å². The zero-order chi connectivity index (χ0) is 9.80. The van der Waals surface area contributed by atoms with E-state index in [2.05, 4.69) is 16.9 Å². The Hall–Kier alpha value is -1.48. The normalized spacial score (nSPS) is 10.0.